The average Bonchev–Trinajstić information content (AvgIpc) is 3.26. The van der Waals surface area contributed by atoms with E-state index in [0.717, 1.165) is 13.0 Å². The smallest absolute Gasteiger partial charge is 0.189 e. The lowest BCUT2D eigenvalue weighted by Gasteiger charge is -2.30. The molecular formula is C21H30N2O5S. The first-order valence-electron chi connectivity index (χ1n) is 10.1. The van der Waals surface area contributed by atoms with Gasteiger partial charge in [0.1, 0.15) is 18.3 Å². The molecule has 3 heterocycles. The minimum Gasteiger partial charge on any atom is -0.362 e. The summed E-state index contributed by atoms with van der Waals surface area (Å²) in [4.78, 5) is 0. The number of fused-ring (bicyclic) bond motifs is 1. The second-order valence-electron chi connectivity index (χ2n) is 8.60. The first-order valence-corrected chi connectivity index (χ1v) is 10.5. The van der Waals surface area contributed by atoms with Crippen LogP contribution in [-0.4, -0.2) is 60.5 Å². The van der Waals surface area contributed by atoms with Crippen molar-refractivity contribution in [3.63, 3.8) is 0 Å². The van der Waals surface area contributed by atoms with Crippen molar-refractivity contribution in [1.82, 2.24) is 10.6 Å². The van der Waals surface area contributed by atoms with Gasteiger partial charge in [-0.25, -0.2) is 0 Å². The van der Waals surface area contributed by atoms with E-state index in [-0.39, 0.29) is 24.4 Å². The molecule has 8 heteroatoms. The molecule has 3 saturated heterocycles. The topological polar surface area (TPSA) is 70.2 Å². The van der Waals surface area contributed by atoms with Crippen molar-refractivity contribution in [1.29, 1.82) is 0 Å². The molecule has 5 atom stereocenters. The molecule has 1 unspecified atom stereocenters. The van der Waals surface area contributed by atoms with Crippen molar-refractivity contribution < 1.29 is 23.7 Å². The van der Waals surface area contributed by atoms with Crippen LogP contribution in [-0.2, 0) is 30.1 Å². The first-order chi connectivity index (χ1) is 13.7. The number of hydrogen-bond donors (Lipinski definition) is 2. The highest BCUT2D eigenvalue weighted by molar-refractivity contribution is 7.80. The molecule has 4 rings (SSSR count). The van der Waals surface area contributed by atoms with Crippen LogP contribution < -0.4 is 10.6 Å². The van der Waals surface area contributed by atoms with E-state index in [2.05, 4.69) is 22.8 Å². The van der Waals surface area contributed by atoms with Gasteiger partial charge in [-0.05, 0) is 51.9 Å². The van der Waals surface area contributed by atoms with E-state index >= 15 is 0 Å². The second kappa shape index (κ2) is 8.09. The Labute approximate surface area is 177 Å². The van der Waals surface area contributed by atoms with Crippen molar-refractivity contribution in [2.24, 2.45) is 0 Å². The molecule has 0 aliphatic carbocycles. The lowest BCUT2D eigenvalue weighted by Crippen LogP contribution is -2.55. The van der Waals surface area contributed by atoms with Crippen LogP contribution >= 0.6 is 12.2 Å². The zero-order valence-corrected chi connectivity index (χ0v) is 18.2. The highest BCUT2D eigenvalue weighted by atomic mass is 32.1. The zero-order chi connectivity index (χ0) is 20.6. The van der Waals surface area contributed by atoms with Crippen molar-refractivity contribution in [3.8, 4) is 0 Å². The summed E-state index contributed by atoms with van der Waals surface area (Å²) in [6, 6.07) is 10.1. The molecule has 3 fully saturated rings. The SMILES string of the molecule is CC1(C)OCC([C@H]2O[C@@H]3OC(C)(C)O[C@@H]3[C@@H]2NC(=S)NCCc2ccccc2)O1. The number of rotatable bonds is 5. The number of thiocarbonyl (C=S) groups is 1. The molecule has 0 amide bonds. The molecule has 7 nitrogen and oxygen atoms in total. The summed E-state index contributed by atoms with van der Waals surface area (Å²) in [6.45, 7) is 8.76. The van der Waals surface area contributed by atoms with Gasteiger partial charge in [0.15, 0.2) is 23.0 Å². The van der Waals surface area contributed by atoms with E-state index in [1.807, 2.05) is 45.9 Å². The maximum Gasteiger partial charge on any atom is 0.189 e. The summed E-state index contributed by atoms with van der Waals surface area (Å²) in [5.41, 5.74) is 1.26. The number of hydrogen-bond acceptors (Lipinski definition) is 6. The van der Waals surface area contributed by atoms with Gasteiger partial charge >= 0.3 is 0 Å². The van der Waals surface area contributed by atoms with Crippen molar-refractivity contribution in [2.45, 2.75) is 76.3 Å². The fourth-order valence-corrected chi connectivity index (χ4v) is 4.30. The van der Waals surface area contributed by atoms with Crippen molar-refractivity contribution in [3.05, 3.63) is 35.9 Å². The predicted molar refractivity (Wildman–Crippen MR) is 111 cm³/mol. The number of benzene rings is 1. The molecular weight excluding hydrogens is 392 g/mol. The van der Waals surface area contributed by atoms with Gasteiger partial charge in [-0.15, -0.1) is 0 Å². The lowest BCUT2D eigenvalue weighted by molar-refractivity contribution is -0.223. The molecule has 0 aromatic heterocycles. The van der Waals surface area contributed by atoms with Crippen LogP contribution in [0.5, 0.6) is 0 Å². The molecule has 0 spiro atoms. The van der Waals surface area contributed by atoms with Gasteiger partial charge in [0, 0.05) is 6.54 Å². The van der Waals surface area contributed by atoms with Crippen LogP contribution in [0.4, 0.5) is 0 Å². The maximum atomic E-state index is 6.18. The Kier molecular flexibility index (Phi) is 5.85. The summed E-state index contributed by atoms with van der Waals surface area (Å²) in [6.07, 6.45) is -0.380. The summed E-state index contributed by atoms with van der Waals surface area (Å²) < 4.78 is 30.0. The Balaban J connectivity index is 1.38. The van der Waals surface area contributed by atoms with Gasteiger partial charge < -0.3 is 34.3 Å². The lowest BCUT2D eigenvalue weighted by atomic mass is 10.0. The normalized spacial score (nSPS) is 34.7. The first kappa shape index (κ1) is 21.0. The summed E-state index contributed by atoms with van der Waals surface area (Å²) in [5, 5.41) is 7.23. The van der Waals surface area contributed by atoms with Gasteiger partial charge in [-0.2, -0.15) is 0 Å². The van der Waals surface area contributed by atoms with Gasteiger partial charge in [-0.3, -0.25) is 0 Å². The summed E-state index contributed by atoms with van der Waals surface area (Å²) >= 11 is 5.55. The quantitative estimate of drug-likeness (QED) is 0.699. The van der Waals surface area contributed by atoms with E-state index in [9.17, 15) is 0 Å². The molecule has 0 radical (unpaired) electrons. The van der Waals surface area contributed by atoms with Gasteiger partial charge in [-0.1, -0.05) is 30.3 Å². The fourth-order valence-electron chi connectivity index (χ4n) is 4.06. The van der Waals surface area contributed by atoms with E-state index < -0.39 is 17.9 Å². The molecule has 1 aromatic carbocycles. The molecule has 0 bridgehead atoms. The fraction of sp³-hybridized carbons (Fsp3) is 0.667. The Morgan fingerprint density at radius 1 is 1.03 bits per heavy atom. The van der Waals surface area contributed by atoms with E-state index in [1.54, 1.807) is 0 Å². The van der Waals surface area contributed by atoms with Crippen LogP contribution in [0.3, 0.4) is 0 Å². The van der Waals surface area contributed by atoms with E-state index in [4.69, 9.17) is 35.9 Å². The number of ether oxygens (including phenoxy) is 5. The summed E-state index contributed by atoms with van der Waals surface area (Å²) in [5.74, 6) is -1.33. The third kappa shape index (κ3) is 4.90. The molecule has 3 aliphatic heterocycles. The molecule has 160 valence electrons. The highest BCUT2D eigenvalue weighted by Crippen LogP contribution is 2.40. The predicted octanol–water partition coefficient (Wildman–Crippen LogP) is 2.09. The number of nitrogens with one attached hydrogen (secondary N) is 2. The van der Waals surface area contributed by atoms with Crippen molar-refractivity contribution >= 4 is 17.3 Å². The van der Waals surface area contributed by atoms with Crippen LogP contribution in [0.25, 0.3) is 0 Å². The Morgan fingerprint density at radius 2 is 1.79 bits per heavy atom. The van der Waals surface area contributed by atoms with Gasteiger partial charge in [0.2, 0.25) is 0 Å². The minimum absolute atomic E-state index is 0.207. The largest absolute Gasteiger partial charge is 0.362 e. The Bertz CT molecular complexity index is 729. The minimum atomic E-state index is -0.700. The average molecular weight is 423 g/mol. The summed E-state index contributed by atoms with van der Waals surface area (Å²) in [7, 11) is 0. The van der Waals surface area contributed by atoms with Crippen molar-refractivity contribution in [2.75, 3.05) is 13.2 Å². The van der Waals surface area contributed by atoms with Crippen LogP contribution in [0, 0.1) is 0 Å². The molecule has 3 aliphatic rings. The van der Waals surface area contributed by atoms with E-state index in [1.165, 1.54) is 5.56 Å². The third-order valence-corrected chi connectivity index (χ3v) is 5.59. The van der Waals surface area contributed by atoms with Gasteiger partial charge in [0.25, 0.3) is 0 Å². The second-order valence-corrected chi connectivity index (χ2v) is 9.01. The standard InChI is InChI=1S/C21H30N2O5S/c1-20(2)24-12-14(26-20)16-15(17-18(25-16)28-21(3,4)27-17)23-19(29)22-11-10-13-8-6-5-7-9-13/h5-9,14-18H,10-12H2,1-4H3,(H2,22,23,29)/t14?,15-,16-,17-,18-/m1/s1. The van der Waals surface area contributed by atoms with Gasteiger partial charge in [0.05, 0.1) is 12.6 Å². The molecule has 1 aromatic rings. The third-order valence-electron chi connectivity index (χ3n) is 5.32. The highest BCUT2D eigenvalue weighted by Gasteiger charge is 2.58. The molecule has 2 N–H and O–H groups in total. The Morgan fingerprint density at radius 3 is 2.48 bits per heavy atom. The van der Waals surface area contributed by atoms with Crippen LogP contribution in [0.1, 0.15) is 33.3 Å². The van der Waals surface area contributed by atoms with E-state index in [0.29, 0.717) is 11.7 Å². The molecule has 29 heavy (non-hydrogen) atoms. The Hall–Kier alpha value is -1.29. The zero-order valence-electron chi connectivity index (χ0n) is 17.3. The molecule has 0 saturated carbocycles. The van der Waals surface area contributed by atoms with Crippen LogP contribution in [0.2, 0.25) is 0 Å². The maximum absolute atomic E-state index is 6.18. The monoisotopic (exact) mass is 422 g/mol. The van der Waals surface area contributed by atoms with Crippen LogP contribution in [0.15, 0.2) is 30.3 Å².